The van der Waals surface area contributed by atoms with Crippen LogP contribution in [-0.4, -0.2) is 64.9 Å². The van der Waals surface area contributed by atoms with Crippen molar-refractivity contribution in [1.29, 1.82) is 0 Å². The SMILES string of the molecule is O=S1(=O)CC[C@@H]([NH+]2CCN(S(=O)(=O)c3ccc(F)c(F)c3)CC2)C1. The van der Waals surface area contributed by atoms with Crippen molar-refractivity contribution in [1.82, 2.24) is 4.31 Å². The lowest BCUT2D eigenvalue weighted by atomic mass is 10.2. The molecule has 1 N–H and O–H groups in total. The summed E-state index contributed by atoms with van der Waals surface area (Å²) in [5.41, 5.74) is 0. The molecule has 6 nitrogen and oxygen atoms in total. The molecule has 1 atom stereocenters. The van der Waals surface area contributed by atoms with Crippen LogP contribution in [0.15, 0.2) is 23.1 Å². The first kappa shape index (κ1) is 17.7. The molecule has 1 aromatic rings. The van der Waals surface area contributed by atoms with Crippen LogP contribution in [0.2, 0.25) is 0 Å². The van der Waals surface area contributed by atoms with Gasteiger partial charge in [0.25, 0.3) is 0 Å². The average molecular weight is 381 g/mol. The standard InChI is InChI=1S/C14H18F2N2O4S2/c15-13-2-1-12(9-14(13)16)24(21,22)18-6-4-17(5-7-18)11-3-8-23(19,20)10-11/h1-2,9,11H,3-8,10H2/p+1/t11-/m1/s1. The van der Waals surface area contributed by atoms with Crippen molar-refractivity contribution < 1.29 is 30.5 Å². The second kappa shape index (κ2) is 6.32. The van der Waals surface area contributed by atoms with E-state index in [1.165, 1.54) is 4.31 Å². The molecule has 0 aliphatic carbocycles. The van der Waals surface area contributed by atoms with Crippen molar-refractivity contribution >= 4 is 19.9 Å². The molecule has 0 amide bonds. The van der Waals surface area contributed by atoms with E-state index in [9.17, 15) is 25.6 Å². The van der Waals surface area contributed by atoms with Gasteiger partial charge in [0.2, 0.25) is 10.0 Å². The number of rotatable bonds is 3. The maximum atomic E-state index is 13.3. The first-order valence-corrected chi connectivity index (χ1v) is 11.0. The Bertz CT molecular complexity index is 834. The van der Waals surface area contributed by atoms with Crippen LogP contribution in [0.3, 0.4) is 0 Å². The minimum atomic E-state index is -3.88. The van der Waals surface area contributed by atoms with Gasteiger partial charge in [-0.25, -0.2) is 25.6 Å². The van der Waals surface area contributed by atoms with Crippen LogP contribution in [0.1, 0.15) is 6.42 Å². The highest BCUT2D eigenvalue weighted by Gasteiger charge is 2.39. The number of quaternary nitrogens is 1. The van der Waals surface area contributed by atoms with Crippen molar-refractivity contribution in [3.05, 3.63) is 29.8 Å². The Labute approximate surface area is 140 Å². The Balaban J connectivity index is 1.68. The van der Waals surface area contributed by atoms with Gasteiger partial charge in [-0.15, -0.1) is 0 Å². The highest BCUT2D eigenvalue weighted by molar-refractivity contribution is 7.91. The van der Waals surface area contributed by atoms with Gasteiger partial charge in [-0.3, -0.25) is 0 Å². The number of sulfone groups is 1. The smallest absolute Gasteiger partial charge is 0.243 e. The second-order valence-corrected chi connectivity index (χ2v) is 10.4. The van der Waals surface area contributed by atoms with Crippen LogP contribution in [0.25, 0.3) is 0 Å². The number of hydrogen-bond donors (Lipinski definition) is 1. The third-order valence-electron chi connectivity index (χ3n) is 4.70. The Kier molecular flexibility index (Phi) is 4.67. The van der Waals surface area contributed by atoms with E-state index < -0.39 is 31.5 Å². The van der Waals surface area contributed by atoms with Gasteiger partial charge in [0.1, 0.15) is 11.8 Å². The molecule has 2 aliphatic heterocycles. The fourth-order valence-electron chi connectivity index (χ4n) is 3.33. The molecule has 1 aromatic carbocycles. The Morgan fingerprint density at radius 2 is 1.79 bits per heavy atom. The lowest BCUT2D eigenvalue weighted by Crippen LogP contribution is -3.18. The molecule has 0 spiro atoms. The van der Waals surface area contributed by atoms with Gasteiger partial charge in [0.05, 0.1) is 36.8 Å². The number of benzene rings is 1. The molecular formula is C14H19F2N2O4S2+. The van der Waals surface area contributed by atoms with Crippen molar-refractivity contribution in [2.75, 3.05) is 37.7 Å². The minimum Gasteiger partial charge on any atom is -0.329 e. The molecular weight excluding hydrogens is 362 g/mol. The number of nitrogens with zero attached hydrogens (tertiary/aromatic N) is 1. The highest BCUT2D eigenvalue weighted by Crippen LogP contribution is 2.18. The van der Waals surface area contributed by atoms with Crippen LogP contribution >= 0.6 is 0 Å². The van der Waals surface area contributed by atoms with E-state index in [2.05, 4.69) is 0 Å². The van der Waals surface area contributed by atoms with E-state index in [-0.39, 0.29) is 35.5 Å². The summed E-state index contributed by atoms with van der Waals surface area (Å²) in [5.74, 6) is -1.95. The van der Waals surface area contributed by atoms with Crippen LogP contribution < -0.4 is 4.90 Å². The van der Waals surface area contributed by atoms with E-state index >= 15 is 0 Å². The van der Waals surface area contributed by atoms with Gasteiger partial charge in [-0.05, 0) is 18.2 Å². The first-order chi connectivity index (χ1) is 11.2. The molecule has 2 saturated heterocycles. The van der Waals surface area contributed by atoms with Gasteiger partial charge in [0, 0.05) is 6.42 Å². The maximum absolute atomic E-state index is 13.3. The molecule has 2 heterocycles. The Morgan fingerprint density at radius 1 is 1.12 bits per heavy atom. The molecule has 10 heteroatoms. The third kappa shape index (κ3) is 3.46. The van der Waals surface area contributed by atoms with Gasteiger partial charge in [-0.2, -0.15) is 4.31 Å². The zero-order chi connectivity index (χ0) is 17.5. The van der Waals surface area contributed by atoms with Crippen LogP contribution in [0.5, 0.6) is 0 Å². The molecule has 0 radical (unpaired) electrons. The zero-order valence-corrected chi connectivity index (χ0v) is 14.5. The quantitative estimate of drug-likeness (QED) is 0.732. The topological polar surface area (TPSA) is 76.0 Å². The number of sulfonamides is 1. The zero-order valence-electron chi connectivity index (χ0n) is 12.9. The Morgan fingerprint density at radius 3 is 2.33 bits per heavy atom. The summed E-state index contributed by atoms with van der Waals surface area (Å²) in [5, 5.41) is 0. The molecule has 0 saturated carbocycles. The van der Waals surface area contributed by atoms with E-state index in [4.69, 9.17) is 0 Å². The number of nitrogens with one attached hydrogen (secondary N) is 1. The van der Waals surface area contributed by atoms with Gasteiger partial charge < -0.3 is 4.90 Å². The van der Waals surface area contributed by atoms with Crippen molar-refractivity contribution in [3.8, 4) is 0 Å². The maximum Gasteiger partial charge on any atom is 0.243 e. The summed E-state index contributed by atoms with van der Waals surface area (Å²) < 4.78 is 75.7. The molecule has 24 heavy (non-hydrogen) atoms. The molecule has 2 aliphatic rings. The normalized spacial score (nSPS) is 25.8. The summed E-state index contributed by atoms with van der Waals surface area (Å²) in [6.07, 6.45) is 0.605. The number of piperazine rings is 1. The van der Waals surface area contributed by atoms with Crippen molar-refractivity contribution in [3.63, 3.8) is 0 Å². The predicted molar refractivity (Wildman–Crippen MR) is 82.9 cm³/mol. The fourth-order valence-corrected chi connectivity index (χ4v) is 6.60. The lowest BCUT2D eigenvalue weighted by molar-refractivity contribution is -0.925. The molecule has 3 rings (SSSR count). The summed E-state index contributed by atoms with van der Waals surface area (Å²) in [6.45, 7) is 1.46. The summed E-state index contributed by atoms with van der Waals surface area (Å²) in [6, 6.07) is 2.56. The minimum absolute atomic E-state index is 0.0168. The first-order valence-electron chi connectivity index (χ1n) is 7.69. The average Bonchev–Trinajstić information content (AvgIpc) is 2.90. The third-order valence-corrected chi connectivity index (χ3v) is 8.37. The second-order valence-electron chi connectivity index (χ2n) is 6.24. The molecule has 0 unspecified atom stereocenters. The van der Waals surface area contributed by atoms with E-state index in [0.29, 0.717) is 25.6 Å². The largest absolute Gasteiger partial charge is 0.329 e. The predicted octanol–water partition coefficient (Wildman–Crippen LogP) is -0.959. The van der Waals surface area contributed by atoms with Gasteiger partial charge in [0.15, 0.2) is 21.5 Å². The van der Waals surface area contributed by atoms with Crippen LogP contribution in [0, 0.1) is 11.6 Å². The van der Waals surface area contributed by atoms with Gasteiger partial charge >= 0.3 is 0 Å². The summed E-state index contributed by atoms with van der Waals surface area (Å²) in [7, 11) is -6.84. The molecule has 134 valence electrons. The number of halogens is 2. The van der Waals surface area contributed by atoms with Crippen LogP contribution in [-0.2, 0) is 19.9 Å². The fraction of sp³-hybridized carbons (Fsp3) is 0.571. The summed E-state index contributed by atoms with van der Waals surface area (Å²) in [4.78, 5) is 0.820. The van der Waals surface area contributed by atoms with E-state index in [1.54, 1.807) is 0 Å². The molecule has 0 bridgehead atoms. The monoisotopic (exact) mass is 381 g/mol. The van der Waals surface area contributed by atoms with Gasteiger partial charge in [-0.1, -0.05) is 0 Å². The summed E-state index contributed by atoms with van der Waals surface area (Å²) >= 11 is 0. The van der Waals surface area contributed by atoms with Crippen molar-refractivity contribution in [2.45, 2.75) is 17.4 Å². The molecule has 0 aromatic heterocycles. The van der Waals surface area contributed by atoms with E-state index in [0.717, 1.165) is 17.0 Å². The Hall–Kier alpha value is -1.10. The molecule has 2 fully saturated rings. The highest BCUT2D eigenvalue weighted by atomic mass is 32.2. The lowest BCUT2D eigenvalue weighted by Gasteiger charge is -2.34. The van der Waals surface area contributed by atoms with E-state index in [1.807, 2.05) is 0 Å². The number of hydrogen-bond acceptors (Lipinski definition) is 4. The van der Waals surface area contributed by atoms with Crippen molar-refractivity contribution in [2.24, 2.45) is 0 Å². The van der Waals surface area contributed by atoms with Crippen LogP contribution in [0.4, 0.5) is 8.78 Å².